The molecule has 0 unspecified atom stereocenters. The number of carbonyl (C=O) groups is 1. The summed E-state index contributed by atoms with van der Waals surface area (Å²) in [6.45, 7) is 0. The van der Waals surface area contributed by atoms with Crippen molar-refractivity contribution in [3.05, 3.63) is 29.8 Å². The average Bonchev–Trinajstić information content (AvgIpc) is 2.47. The van der Waals surface area contributed by atoms with Crippen LogP contribution in [0.5, 0.6) is 0 Å². The first-order valence-electron chi connectivity index (χ1n) is 3.73. The highest BCUT2D eigenvalue weighted by atomic mass is 32.2. The van der Waals surface area contributed by atoms with E-state index < -0.39 is 5.97 Å². The second-order valence-electron chi connectivity index (χ2n) is 2.74. The van der Waals surface area contributed by atoms with E-state index in [1.54, 1.807) is 11.8 Å². The van der Waals surface area contributed by atoms with Gasteiger partial charge in [-0.15, -0.1) is 11.8 Å². The minimum absolute atomic E-state index is 0.300. The van der Waals surface area contributed by atoms with Crippen LogP contribution in [0.15, 0.2) is 29.2 Å². The van der Waals surface area contributed by atoms with E-state index in [2.05, 4.69) is 0 Å². The Hall–Kier alpha value is -0.960. The monoisotopic (exact) mass is 180 g/mol. The maximum absolute atomic E-state index is 10.8. The molecule has 1 atom stereocenters. The van der Waals surface area contributed by atoms with Gasteiger partial charge in [0.1, 0.15) is 0 Å². The van der Waals surface area contributed by atoms with E-state index in [0.29, 0.717) is 5.75 Å². The van der Waals surface area contributed by atoms with Gasteiger partial charge in [0, 0.05) is 10.6 Å². The summed E-state index contributed by atoms with van der Waals surface area (Å²) in [5, 5.41) is 8.85. The topological polar surface area (TPSA) is 37.3 Å². The molecule has 0 aromatic heterocycles. The Kier molecular flexibility index (Phi) is 1.81. The molecule has 0 fully saturated rings. The van der Waals surface area contributed by atoms with Crippen molar-refractivity contribution >= 4 is 17.7 Å². The molecule has 1 aromatic rings. The van der Waals surface area contributed by atoms with Gasteiger partial charge in [-0.25, -0.2) is 0 Å². The zero-order valence-corrected chi connectivity index (χ0v) is 7.17. The van der Waals surface area contributed by atoms with E-state index >= 15 is 0 Å². The molecule has 0 saturated heterocycles. The largest absolute Gasteiger partial charge is 0.481 e. The third-order valence-electron chi connectivity index (χ3n) is 2.00. The first-order chi connectivity index (χ1) is 5.79. The molecular weight excluding hydrogens is 172 g/mol. The fraction of sp³-hybridized carbons (Fsp3) is 0.222. The van der Waals surface area contributed by atoms with Crippen molar-refractivity contribution in [3.63, 3.8) is 0 Å². The van der Waals surface area contributed by atoms with Crippen LogP contribution in [-0.2, 0) is 4.79 Å². The van der Waals surface area contributed by atoms with Crippen molar-refractivity contribution in [2.45, 2.75) is 10.8 Å². The summed E-state index contributed by atoms with van der Waals surface area (Å²) in [6.07, 6.45) is 0. The van der Waals surface area contributed by atoms with E-state index in [0.717, 1.165) is 10.5 Å². The van der Waals surface area contributed by atoms with Gasteiger partial charge < -0.3 is 5.11 Å². The molecule has 3 heteroatoms. The molecule has 0 aliphatic carbocycles. The predicted molar refractivity (Wildman–Crippen MR) is 47.5 cm³/mol. The van der Waals surface area contributed by atoms with Gasteiger partial charge in [0.2, 0.25) is 0 Å². The van der Waals surface area contributed by atoms with Crippen LogP contribution in [0.4, 0.5) is 0 Å². The number of carboxylic acid groups (broad SMARTS) is 1. The number of aliphatic carboxylic acids is 1. The highest BCUT2D eigenvalue weighted by molar-refractivity contribution is 7.99. The van der Waals surface area contributed by atoms with Crippen LogP contribution < -0.4 is 0 Å². The van der Waals surface area contributed by atoms with Gasteiger partial charge >= 0.3 is 5.97 Å². The highest BCUT2D eigenvalue weighted by Crippen LogP contribution is 2.39. The van der Waals surface area contributed by atoms with Crippen molar-refractivity contribution < 1.29 is 9.90 Å². The van der Waals surface area contributed by atoms with E-state index in [1.165, 1.54) is 0 Å². The van der Waals surface area contributed by atoms with Crippen LogP contribution in [0.2, 0.25) is 0 Å². The predicted octanol–water partition coefficient (Wildman–Crippen LogP) is 1.96. The van der Waals surface area contributed by atoms with Gasteiger partial charge in [-0.3, -0.25) is 4.79 Å². The number of hydrogen-bond acceptors (Lipinski definition) is 2. The molecule has 0 spiro atoms. The quantitative estimate of drug-likeness (QED) is 0.717. The fourth-order valence-corrected chi connectivity index (χ4v) is 2.59. The molecular formula is C9H8O2S. The van der Waals surface area contributed by atoms with Crippen LogP contribution in [0, 0.1) is 0 Å². The van der Waals surface area contributed by atoms with Gasteiger partial charge in [0.25, 0.3) is 0 Å². The third kappa shape index (κ3) is 1.10. The molecule has 0 bridgehead atoms. The first kappa shape index (κ1) is 7.68. The van der Waals surface area contributed by atoms with Crippen LogP contribution >= 0.6 is 11.8 Å². The Morgan fingerprint density at radius 3 is 3.00 bits per heavy atom. The third-order valence-corrected chi connectivity index (χ3v) is 3.18. The van der Waals surface area contributed by atoms with Gasteiger partial charge in [0.15, 0.2) is 0 Å². The lowest BCUT2D eigenvalue weighted by Crippen LogP contribution is -2.10. The van der Waals surface area contributed by atoms with Crippen molar-refractivity contribution in [2.24, 2.45) is 0 Å². The molecule has 1 aliphatic heterocycles. The van der Waals surface area contributed by atoms with E-state index in [4.69, 9.17) is 5.11 Å². The van der Waals surface area contributed by atoms with Gasteiger partial charge in [-0.2, -0.15) is 0 Å². The maximum atomic E-state index is 10.8. The lowest BCUT2D eigenvalue weighted by Gasteiger charge is -2.02. The number of fused-ring (bicyclic) bond motifs is 1. The summed E-state index contributed by atoms with van der Waals surface area (Å²) in [5.41, 5.74) is 0.968. The fourth-order valence-electron chi connectivity index (χ4n) is 1.37. The summed E-state index contributed by atoms with van der Waals surface area (Å²) in [4.78, 5) is 11.9. The number of carboxylic acids is 1. The highest BCUT2D eigenvalue weighted by Gasteiger charge is 2.28. The molecule has 0 radical (unpaired) electrons. The van der Waals surface area contributed by atoms with Crippen molar-refractivity contribution in [2.75, 3.05) is 5.75 Å². The Balaban J connectivity index is 2.42. The summed E-state index contributed by atoms with van der Waals surface area (Å²) < 4.78 is 0. The summed E-state index contributed by atoms with van der Waals surface area (Å²) in [7, 11) is 0. The molecule has 62 valence electrons. The van der Waals surface area contributed by atoms with E-state index in [1.807, 2.05) is 24.3 Å². The summed E-state index contributed by atoms with van der Waals surface area (Å²) >= 11 is 1.62. The van der Waals surface area contributed by atoms with Crippen LogP contribution in [0.1, 0.15) is 11.5 Å². The lowest BCUT2D eigenvalue weighted by molar-refractivity contribution is -0.138. The Morgan fingerprint density at radius 2 is 2.25 bits per heavy atom. The number of benzene rings is 1. The van der Waals surface area contributed by atoms with Crippen molar-refractivity contribution in [3.8, 4) is 0 Å². The normalized spacial score (nSPS) is 20.5. The molecule has 2 rings (SSSR count). The van der Waals surface area contributed by atoms with Crippen molar-refractivity contribution in [1.29, 1.82) is 0 Å². The first-order valence-corrected chi connectivity index (χ1v) is 4.72. The zero-order chi connectivity index (χ0) is 8.55. The minimum Gasteiger partial charge on any atom is -0.481 e. The smallest absolute Gasteiger partial charge is 0.311 e. The number of thioether (sulfide) groups is 1. The molecule has 0 saturated carbocycles. The van der Waals surface area contributed by atoms with Crippen LogP contribution in [0.3, 0.4) is 0 Å². The number of hydrogen-bond donors (Lipinski definition) is 1. The number of rotatable bonds is 1. The van der Waals surface area contributed by atoms with Gasteiger partial charge in [-0.05, 0) is 11.6 Å². The summed E-state index contributed by atoms with van der Waals surface area (Å²) in [6, 6.07) is 7.70. The molecule has 1 heterocycles. The molecule has 12 heavy (non-hydrogen) atoms. The molecule has 0 amide bonds. The van der Waals surface area contributed by atoms with Gasteiger partial charge in [0.05, 0.1) is 5.92 Å². The summed E-state index contributed by atoms with van der Waals surface area (Å²) in [5.74, 6) is -0.340. The lowest BCUT2D eigenvalue weighted by atomic mass is 10.0. The molecule has 1 aromatic carbocycles. The Labute approximate surface area is 74.6 Å². The second kappa shape index (κ2) is 2.83. The molecule has 2 nitrogen and oxygen atoms in total. The van der Waals surface area contributed by atoms with Gasteiger partial charge in [-0.1, -0.05) is 18.2 Å². The Bertz CT molecular complexity index is 322. The van der Waals surface area contributed by atoms with Crippen LogP contribution in [-0.4, -0.2) is 16.8 Å². The Morgan fingerprint density at radius 1 is 1.50 bits per heavy atom. The van der Waals surface area contributed by atoms with Crippen molar-refractivity contribution in [1.82, 2.24) is 0 Å². The second-order valence-corrected chi connectivity index (χ2v) is 3.80. The SMILES string of the molecule is O=C(O)[C@H]1CSc2ccccc21. The maximum Gasteiger partial charge on any atom is 0.311 e. The average molecular weight is 180 g/mol. The molecule has 1 N–H and O–H groups in total. The van der Waals surface area contributed by atoms with Crippen LogP contribution in [0.25, 0.3) is 0 Å². The standard InChI is InChI=1S/C9H8O2S/c10-9(11)7-5-12-8-4-2-1-3-6(7)8/h1-4,7H,5H2,(H,10,11)/t7-/m0/s1. The van der Waals surface area contributed by atoms with E-state index in [9.17, 15) is 4.79 Å². The molecule has 1 aliphatic rings. The minimum atomic E-state index is -0.715. The zero-order valence-electron chi connectivity index (χ0n) is 6.36. The van der Waals surface area contributed by atoms with E-state index in [-0.39, 0.29) is 5.92 Å².